The van der Waals surface area contributed by atoms with E-state index in [9.17, 15) is 13.2 Å². The highest BCUT2D eigenvalue weighted by Crippen LogP contribution is 2.13. The van der Waals surface area contributed by atoms with E-state index in [0.29, 0.717) is 17.9 Å². The van der Waals surface area contributed by atoms with Crippen molar-refractivity contribution in [1.29, 1.82) is 0 Å². The molecule has 112 valence electrons. The smallest absolute Gasteiger partial charge is 0.254 e. The number of nitrogens with zero attached hydrogens (tertiary/aromatic N) is 1. The van der Waals surface area contributed by atoms with E-state index in [0.717, 1.165) is 6.26 Å². The number of aromatic nitrogens is 1. The number of rotatable bonds is 6. The van der Waals surface area contributed by atoms with E-state index in [1.807, 2.05) is 0 Å². The Hall–Kier alpha value is -1.67. The monoisotopic (exact) mass is 300 g/mol. The quantitative estimate of drug-likeness (QED) is 0.696. The summed E-state index contributed by atoms with van der Waals surface area (Å²) in [7, 11) is -1.77. The van der Waals surface area contributed by atoms with Gasteiger partial charge in [-0.15, -0.1) is 0 Å². The van der Waals surface area contributed by atoms with Gasteiger partial charge in [-0.25, -0.2) is 18.1 Å². The fraction of sp³-hybridized carbons (Fsp3) is 0.500. The van der Waals surface area contributed by atoms with Crippen LogP contribution >= 0.6 is 0 Å². The zero-order valence-corrected chi connectivity index (χ0v) is 12.8. The Morgan fingerprint density at radius 1 is 1.40 bits per heavy atom. The molecule has 1 heterocycles. The number of nitrogens with one attached hydrogen (secondary N) is 3. The second kappa shape index (κ2) is 6.19. The molecule has 3 N–H and O–H groups in total. The molecule has 0 radical (unpaired) electrons. The van der Waals surface area contributed by atoms with Crippen molar-refractivity contribution in [1.82, 2.24) is 15.0 Å². The highest BCUT2D eigenvalue weighted by molar-refractivity contribution is 7.88. The summed E-state index contributed by atoms with van der Waals surface area (Å²) < 4.78 is 25.0. The molecule has 7 nitrogen and oxygen atoms in total. The summed E-state index contributed by atoms with van der Waals surface area (Å²) in [5.41, 5.74) is -0.296. The lowest BCUT2D eigenvalue weighted by atomic mass is 10.1. The molecular formula is C12H20N4O3S. The first kappa shape index (κ1) is 16.4. The molecule has 20 heavy (non-hydrogen) atoms. The lowest BCUT2D eigenvalue weighted by molar-refractivity contribution is 0.0963. The van der Waals surface area contributed by atoms with Crippen molar-refractivity contribution in [3.63, 3.8) is 0 Å². The van der Waals surface area contributed by atoms with Gasteiger partial charge in [-0.05, 0) is 26.0 Å². The topological polar surface area (TPSA) is 100 Å². The number of carbonyl (C=O) groups excluding carboxylic acids is 1. The van der Waals surface area contributed by atoms with Gasteiger partial charge < -0.3 is 10.6 Å². The molecule has 1 amide bonds. The van der Waals surface area contributed by atoms with Crippen LogP contribution in [0.15, 0.2) is 18.3 Å². The molecule has 8 heteroatoms. The van der Waals surface area contributed by atoms with Gasteiger partial charge >= 0.3 is 0 Å². The molecule has 0 spiro atoms. The van der Waals surface area contributed by atoms with Crippen LogP contribution in [-0.2, 0) is 10.0 Å². The van der Waals surface area contributed by atoms with E-state index in [1.165, 1.54) is 7.05 Å². The molecule has 0 saturated heterocycles. The number of hydrogen-bond donors (Lipinski definition) is 3. The molecule has 1 aromatic heterocycles. The van der Waals surface area contributed by atoms with E-state index in [4.69, 9.17) is 0 Å². The van der Waals surface area contributed by atoms with Gasteiger partial charge in [0.25, 0.3) is 5.91 Å². The van der Waals surface area contributed by atoms with E-state index < -0.39 is 15.6 Å². The first-order valence-electron chi connectivity index (χ1n) is 6.04. The Balaban J connectivity index is 2.82. The number of amides is 1. The van der Waals surface area contributed by atoms with Crippen molar-refractivity contribution in [3.05, 3.63) is 23.9 Å². The minimum Gasteiger partial charge on any atom is -0.368 e. The Morgan fingerprint density at radius 3 is 2.60 bits per heavy atom. The summed E-state index contributed by atoms with van der Waals surface area (Å²) in [5.74, 6) is 0.157. The number of hydrogen-bond acceptors (Lipinski definition) is 5. The summed E-state index contributed by atoms with van der Waals surface area (Å²) in [6.45, 7) is 3.77. The van der Waals surface area contributed by atoms with Crippen LogP contribution in [0.3, 0.4) is 0 Å². The van der Waals surface area contributed by atoms with Crippen LogP contribution < -0.4 is 15.4 Å². The maximum Gasteiger partial charge on any atom is 0.254 e. The summed E-state index contributed by atoms with van der Waals surface area (Å²) in [4.78, 5) is 15.8. The summed E-state index contributed by atoms with van der Waals surface area (Å²) >= 11 is 0. The van der Waals surface area contributed by atoms with Gasteiger partial charge in [0.2, 0.25) is 10.0 Å². The molecule has 0 fully saturated rings. The lowest BCUT2D eigenvalue weighted by Crippen LogP contribution is -2.48. The lowest BCUT2D eigenvalue weighted by Gasteiger charge is -2.26. The molecule has 0 atom stereocenters. The van der Waals surface area contributed by atoms with Crippen molar-refractivity contribution < 1.29 is 13.2 Å². The molecule has 0 unspecified atom stereocenters. The third-order valence-electron chi connectivity index (χ3n) is 2.44. The van der Waals surface area contributed by atoms with Crippen LogP contribution in [0.2, 0.25) is 0 Å². The van der Waals surface area contributed by atoms with Crippen LogP contribution in [0.5, 0.6) is 0 Å². The normalized spacial score (nSPS) is 12.0. The third kappa shape index (κ3) is 5.14. The van der Waals surface area contributed by atoms with Crippen LogP contribution in [-0.4, -0.2) is 44.7 Å². The zero-order chi connectivity index (χ0) is 15.4. The van der Waals surface area contributed by atoms with Gasteiger partial charge in [0.1, 0.15) is 5.82 Å². The molecule has 1 aromatic rings. The largest absolute Gasteiger partial charge is 0.368 e. The second-order valence-electron chi connectivity index (χ2n) is 5.09. The maximum atomic E-state index is 11.7. The molecular weight excluding hydrogens is 280 g/mol. The fourth-order valence-electron chi connectivity index (χ4n) is 1.71. The van der Waals surface area contributed by atoms with Crippen molar-refractivity contribution in [2.75, 3.05) is 25.2 Å². The van der Waals surface area contributed by atoms with Crippen molar-refractivity contribution in [3.8, 4) is 0 Å². The number of anilines is 1. The Morgan fingerprint density at radius 2 is 2.05 bits per heavy atom. The Bertz CT molecular complexity index is 584. The van der Waals surface area contributed by atoms with Crippen molar-refractivity contribution in [2.24, 2.45) is 0 Å². The molecule has 0 aliphatic rings. The Labute approximate surface area is 119 Å². The summed E-state index contributed by atoms with van der Waals surface area (Å²) in [6, 6.07) is 3.31. The van der Waals surface area contributed by atoms with Crippen LogP contribution in [0.1, 0.15) is 24.2 Å². The third-order valence-corrected chi connectivity index (χ3v) is 3.36. The summed E-state index contributed by atoms with van der Waals surface area (Å²) in [5, 5.41) is 5.52. The highest BCUT2D eigenvalue weighted by atomic mass is 32.2. The molecule has 0 aliphatic heterocycles. The highest BCUT2D eigenvalue weighted by Gasteiger charge is 2.22. The number of sulfonamides is 1. The van der Waals surface area contributed by atoms with E-state index in [-0.39, 0.29) is 5.91 Å². The number of pyridine rings is 1. The number of carbonyl (C=O) groups is 1. The molecule has 1 rings (SSSR count). The van der Waals surface area contributed by atoms with Crippen LogP contribution in [0.25, 0.3) is 0 Å². The SMILES string of the molecule is CNC(=O)c1cccnc1NCC(C)(C)NS(C)(=O)=O. The van der Waals surface area contributed by atoms with Gasteiger partial charge in [0.15, 0.2) is 0 Å². The van der Waals surface area contributed by atoms with E-state index >= 15 is 0 Å². The van der Waals surface area contributed by atoms with Gasteiger partial charge in [-0.2, -0.15) is 0 Å². The first-order valence-corrected chi connectivity index (χ1v) is 7.94. The maximum absolute atomic E-state index is 11.7. The molecule has 0 aliphatic carbocycles. The van der Waals surface area contributed by atoms with Crippen LogP contribution in [0.4, 0.5) is 5.82 Å². The first-order chi connectivity index (χ1) is 9.14. The fourth-order valence-corrected chi connectivity index (χ4v) is 2.78. The van der Waals surface area contributed by atoms with Gasteiger partial charge in [0, 0.05) is 25.3 Å². The predicted octanol–water partition coefficient (Wildman–Crippen LogP) is 0.181. The predicted molar refractivity (Wildman–Crippen MR) is 78.2 cm³/mol. The van der Waals surface area contributed by atoms with Gasteiger partial charge in [-0.1, -0.05) is 0 Å². The minimum absolute atomic E-state index is 0.255. The minimum atomic E-state index is -3.31. The van der Waals surface area contributed by atoms with Crippen molar-refractivity contribution in [2.45, 2.75) is 19.4 Å². The second-order valence-corrected chi connectivity index (χ2v) is 6.84. The van der Waals surface area contributed by atoms with Crippen molar-refractivity contribution >= 4 is 21.7 Å². The van der Waals surface area contributed by atoms with E-state index in [2.05, 4.69) is 20.3 Å². The van der Waals surface area contributed by atoms with E-state index in [1.54, 1.807) is 32.2 Å². The average Bonchev–Trinajstić information content (AvgIpc) is 2.33. The van der Waals surface area contributed by atoms with Gasteiger partial charge in [-0.3, -0.25) is 4.79 Å². The Kier molecular flexibility index (Phi) is 5.07. The van der Waals surface area contributed by atoms with Gasteiger partial charge in [0.05, 0.1) is 11.8 Å². The molecule has 0 bridgehead atoms. The zero-order valence-electron chi connectivity index (χ0n) is 12.0. The molecule has 0 aromatic carbocycles. The molecule has 0 saturated carbocycles. The standard InChI is InChI=1S/C12H20N4O3S/c1-12(2,16-20(4,18)19)8-15-10-9(11(17)13-3)6-5-7-14-10/h5-7,16H,8H2,1-4H3,(H,13,17)(H,14,15). The summed E-state index contributed by atoms with van der Waals surface area (Å²) in [6.07, 6.45) is 2.66. The average molecular weight is 300 g/mol. The van der Waals surface area contributed by atoms with Crippen LogP contribution in [0, 0.1) is 0 Å².